The Labute approximate surface area is 116 Å². The Hall–Kier alpha value is -1.07. The maximum atomic E-state index is 9.39. The molecule has 1 saturated heterocycles. The normalized spacial score (nSPS) is 21.1. The lowest BCUT2D eigenvalue weighted by Gasteiger charge is -2.34. The number of fused-ring (bicyclic) bond motifs is 1. The third-order valence-corrected chi connectivity index (χ3v) is 3.88. The molecule has 2 aromatic rings. The van der Waals surface area contributed by atoms with Gasteiger partial charge in [0, 0.05) is 24.0 Å². The van der Waals surface area contributed by atoms with Crippen LogP contribution in [-0.2, 0) is 11.3 Å². The van der Waals surface area contributed by atoms with Crippen LogP contribution >= 0.6 is 11.6 Å². The standard InChI is InChI=1S/C14H16ClNO3/c15-14-12(11-3-1-2-4-13(11)19-14)7-16-5-6-18-9-10(16)8-17/h1-4,10,17H,5-9H2/t10-/m0/s1. The molecule has 1 N–H and O–H groups in total. The molecule has 102 valence electrons. The van der Waals surface area contributed by atoms with E-state index < -0.39 is 0 Å². The first-order valence-electron chi connectivity index (χ1n) is 6.38. The summed E-state index contributed by atoms with van der Waals surface area (Å²) in [6.07, 6.45) is 0. The van der Waals surface area contributed by atoms with Crippen LogP contribution in [0.15, 0.2) is 28.7 Å². The van der Waals surface area contributed by atoms with Gasteiger partial charge in [-0.1, -0.05) is 18.2 Å². The largest absolute Gasteiger partial charge is 0.444 e. The van der Waals surface area contributed by atoms with Crippen LogP contribution in [0.5, 0.6) is 0 Å². The molecule has 5 heteroatoms. The number of morpholine rings is 1. The van der Waals surface area contributed by atoms with Crippen LogP contribution in [0.2, 0.25) is 5.22 Å². The SMILES string of the molecule is OC[C@H]1COCCN1Cc1c(Cl)oc2ccccc12. The van der Waals surface area contributed by atoms with Gasteiger partial charge in [0.2, 0.25) is 0 Å². The monoisotopic (exact) mass is 281 g/mol. The fourth-order valence-corrected chi connectivity index (χ4v) is 2.73. The van der Waals surface area contributed by atoms with Crippen LogP contribution in [0.4, 0.5) is 0 Å². The highest BCUT2D eigenvalue weighted by Gasteiger charge is 2.24. The van der Waals surface area contributed by atoms with E-state index >= 15 is 0 Å². The number of furan rings is 1. The van der Waals surface area contributed by atoms with Crippen molar-refractivity contribution in [1.82, 2.24) is 4.90 Å². The number of rotatable bonds is 3. The van der Waals surface area contributed by atoms with E-state index in [4.69, 9.17) is 20.8 Å². The average Bonchev–Trinajstić information content (AvgIpc) is 2.76. The summed E-state index contributed by atoms with van der Waals surface area (Å²) in [6, 6.07) is 7.85. The Bertz CT molecular complexity index is 569. The summed E-state index contributed by atoms with van der Waals surface area (Å²) >= 11 is 6.19. The highest BCUT2D eigenvalue weighted by molar-refractivity contribution is 6.30. The predicted molar refractivity (Wildman–Crippen MR) is 73.3 cm³/mol. The van der Waals surface area contributed by atoms with Crippen LogP contribution in [0.3, 0.4) is 0 Å². The molecule has 0 amide bonds. The van der Waals surface area contributed by atoms with Crippen molar-refractivity contribution >= 4 is 22.6 Å². The molecule has 1 atom stereocenters. The van der Waals surface area contributed by atoms with Crippen molar-refractivity contribution in [3.05, 3.63) is 35.0 Å². The Morgan fingerprint density at radius 1 is 1.37 bits per heavy atom. The molecule has 1 aliphatic heterocycles. The number of nitrogens with zero attached hydrogens (tertiary/aromatic N) is 1. The molecule has 3 rings (SSSR count). The smallest absolute Gasteiger partial charge is 0.199 e. The number of hydrogen-bond acceptors (Lipinski definition) is 4. The highest BCUT2D eigenvalue weighted by atomic mass is 35.5. The van der Waals surface area contributed by atoms with Gasteiger partial charge in [-0.25, -0.2) is 0 Å². The van der Waals surface area contributed by atoms with Crippen LogP contribution in [-0.4, -0.2) is 42.4 Å². The van der Waals surface area contributed by atoms with E-state index in [1.165, 1.54) is 0 Å². The number of benzene rings is 1. The number of halogens is 1. The minimum Gasteiger partial charge on any atom is -0.444 e. The van der Waals surface area contributed by atoms with Crippen LogP contribution in [0, 0.1) is 0 Å². The lowest BCUT2D eigenvalue weighted by Crippen LogP contribution is -2.46. The van der Waals surface area contributed by atoms with Gasteiger partial charge < -0.3 is 14.3 Å². The van der Waals surface area contributed by atoms with E-state index in [0.717, 1.165) is 23.1 Å². The van der Waals surface area contributed by atoms with Crippen LogP contribution in [0.25, 0.3) is 11.0 Å². The quantitative estimate of drug-likeness (QED) is 0.938. The molecule has 0 spiro atoms. The molecule has 1 aromatic carbocycles. The molecule has 0 unspecified atom stereocenters. The van der Waals surface area contributed by atoms with Crippen molar-refractivity contribution in [2.45, 2.75) is 12.6 Å². The number of hydrogen-bond donors (Lipinski definition) is 1. The van der Waals surface area contributed by atoms with Gasteiger partial charge in [0.1, 0.15) is 5.58 Å². The van der Waals surface area contributed by atoms with Gasteiger partial charge in [0.05, 0.1) is 25.9 Å². The first-order valence-corrected chi connectivity index (χ1v) is 6.76. The van der Waals surface area contributed by atoms with Gasteiger partial charge >= 0.3 is 0 Å². The van der Waals surface area contributed by atoms with Gasteiger partial charge in [-0.05, 0) is 17.7 Å². The molecule has 2 heterocycles. The third-order valence-electron chi connectivity index (χ3n) is 3.57. The minimum absolute atomic E-state index is 0.0264. The second-order valence-corrected chi connectivity index (χ2v) is 5.08. The van der Waals surface area contributed by atoms with Crippen molar-refractivity contribution in [3.8, 4) is 0 Å². The zero-order chi connectivity index (χ0) is 13.2. The second-order valence-electron chi connectivity index (χ2n) is 4.73. The van der Waals surface area contributed by atoms with E-state index in [1.54, 1.807) is 0 Å². The second kappa shape index (κ2) is 5.51. The summed E-state index contributed by atoms with van der Waals surface area (Å²) in [4.78, 5) is 2.19. The van der Waals surface area contributed by atoms with Gasteiger partial charge in [-0.2, -0.15) is 0 Å². The third kappa shape index (κ3) is 2.49. The van der Waals surface area contributed by atoms with E-state index in [0.29, 0.717) is 25.0 Å². The van der Waals surface area contributed by atoms with Crippen molar-refractivity contribution in [3.63, 3.8) is 0 Å². The molecule has 1 fully saturated rings. The summed E-state index contributed by atoms with van der Waals surface area (Å²) in [5, 5.41) is 10.9. The first-order chi connectivity index (χ1) is 9.29. The zero-order valence-corrected chi connectivity index (χ0v) is 11.3. The van der Waals surface area contributed by atoms with E-state index in [-0.39, 0.29) is 12.6 Å². The molecule has 0 aliphatic carbocycles. The summed E-state index contributed by atoms with van der Waals surface area (Å²) < 4.78 is 10.9. The summed E-state index contributed by atoms with van der Waals surface area (Å²) in [5.74, 6) is 0. The van der Waals surface area contributed by atoms with Gasteiger partial charge in [0.15, 0.2) is 5.22 Å². The molecule has 19 heavy (non-hydrogen) atoms. The van der Waals surface area contributed by atoms with Crippen LogP contribution < -0.4 is 0 Å². The molecular formula is C14H16ClNO3. The van der Waals surface area contributed by atoms with E-state index in [9.17, 15) is 5.11 Å². The van der Waals surface area contributed by atoms with Crippen molar-refractivity contribution < 1.29 is 14.3 Å². The fraction of sp³-hybridized carbons (Fsp3) is 0.429. The highest BCUT2D eigenvalue weighted by Crippen LogP contribution is 2.31. The Balaban J connectivity index is 1.90. The lowest BCUT2D eigenvalue weighted by atomic mass is 10.1. The predicted octanol–water partition coefficient (Wildman–Crippen LogP) is 2.28. The molecule has 0 radical (unpaired) electrons. The molecule has 1 aliphatic rings. The topological polar surface area (TPSA) is 45.8 Å². The Morgan fingerprint density at radius 3 is 3.05 bits per heavy atom. The van der Waals surface area contributed by atoms with Gasteiger partial charge in [0.25, 0.3) is 0 Å². The number of aliphatic hydroxyl groups is 1. The lowest BCUT2D eigenvalue weighted by molar-refractivity contribution is -0.0311. The molecular weight excluding hydrogens is 266 g/mol. The fourth-order valence-electron chi connectivity index (χ4n) is 2.48. The molecule has 1 aromatic heterocycles. The summed E-state index contributed by atoms with van der Waals surface area (Å²) in [7, 11) is 0. The van der Waals surface area contributed by atoms with E-state index in [2.05, 4.69) is 4.90 Å². The summed E-state index contributed by atoms with van der Waals surface area (Å²) in [6.45, 7) is 2.80. The molecule has 4 nitrogen and oxygen atoms in total. The van der Waals surface area contributed by atoms with Crippen LogP contribution in [0.1, 0.15) is 5.56 Å². The minimum atomic E-state index is 0.0264. The number of para-hydroxylation sites is 1. The maximum Gasteiger partial charge on any atom is 0.199 e. The van der Waals surface area contributed by atoms with Crippen molar-refractivity contribution in [2.75, 3.05) is 26.4 Å². The zero-order valence-electron chi connectivity index (χ0n) is 10.5. The Kier molecular flexibility index (Phi) is 3.75. The summed E-state index contributed by atoms with van der Waals surface area (Å²) in [5.41, 5.74) is 1.79. The average molecular weight is 282 g/mol. The van der Waals surface area contributed by atoms with Gasteiger partial charge in [-0.15, -0.1) is 0 Å². The van der Waals surface area contributed by atoms with Crippen molar-refractivity contribution in [2.24, 2.45) is 0 Å². The Morgan fingerprint density at radius 2 is 2.21 bits per heavy atom. The first kappa shape index (κ1) is 12.9. The van der Waals surface area contributed by atoms with E-state index in [1.807, 2.05) is 24.3 Å². The number of aliphatic hydroxyl groups excluding tert-OH is 1. The van der Waals surface area contributed by atoms with Gasteiger partial charge in [-0.3, -0.25) is 4.90 Å². The maximum absolute atomic E-state index is 9.39. The number of ether oxygens (including phenoxy) is 1. The molecule has 0 saturated carbocycles. The molecule has 0 bridgehead atoms. The van der Waals surface area contributed by atoms with Crippen molar-refractivity contribution in [1.29, 1.82) is 0 Å².